The van der Waals surface area contributed by atoms with Crippen molar-refractivity contribution in [2.75, 3.05) is 12.9 Å². The largest absolute Gasteiger partial charge is 0.478 e. The molecule has 0 fully saturated rings. The van der Waals surface area contributed by atoms with Gasteiger partial charge in [0.05, 0.1) is 18.4 Å². The van der Waals surface area contributed by atoms with Crippen molar-refractivity contribution >= 4 is 22.2 Å². The predicted molar refractivity (Wildman–Crippen MR) is 63.2 cm³/mol. The molecule has 0 saturated carbocycles. The van der Waals surface area contributed by atoms with Gasteiger partial charge in [0.2, 0.25) is 0 Å². The van der Waals surface area contributed by atoms with E-state index in [1.165, 1.54) is 18.2 Å². The van der Waals surface area contributed by atoms with Crippen molar-refractivity contribution in [1.29, 1.82) is 0 Å². The van der Waals surface area contributed by atoms with E-state index in [2.05, 4.69) is 4.18 Å². The highest BCUT2D eigenvalue weighted by molar-refractivity contribution is 7.85. The third-order valence-electron chi connectivity index (χ3n) is 1.82. The number of rotatable bonds is 5. The molecule has 0 spiro atoms. The van der Waals surface area contributed by atoms with Crippen molar-refractivity contribution in [1.82, 2.24) is 0 Å². The van der Waals surface area contributed by atoms with Crippen LogP contribution in [0.5, 0.6) is 0 Å². The summed E-state index contributed by atoms with van der Waals surface area (Å²) in [6, 6.07) is 6.29. The first-order valence-electron chi connectivity index (χ1n) is 4.73. The predicted octanol–water partition coefficient (Wildman–Crippen LogP) is 1.37. The van der Waals surface area contributed by atoms with Gasteiger partial charge in [-0.1, -0.05) is 24.3 Å². The first-order chi connectivity index (χ1) is 7.88. The number of carbonyl (C=O) groups is 1. The third-order valence-corrected chi connectivity index (χ3v) is 2.39. The second kappa shape index (κ2) is 5.60. The lowest BCUT2D eigenvalue weighted by atomic mass is 10.1. The SMILES string of the molecule is CS(=O)(=O)OCC=Cc1cccc(C(=O)O)c1. The summed E-state index contributed by atoms with van der Waals surface area (Å²) >= 11 is 0. The first kappa shape index (κ1) is 13.4. The van der Waals surface area contributed by atoms with E-state index in [9.17, 15) is 13.2 Å². The van der Waals surface area contributed by atoms with Crippen molar-refractivity contribution in [3.05, 3.63) is 41.5 Å². The number of hydrogen-bond acceptors (Lipinski definition) is 4. The maximum atomic E-state index is 10.7. The zero-order valence-corrected chi connectivity index (χ0v) is 9.98. The van der Waals surface area contributed by atoms with Crippen LogP contribution in [0.1, 0.15) is 15.9 Å². The van der Waals surface area contributed by atoms with E-state index in [-0.39, 0.29) is 12.2 Å². The van der Waals surface area contributed by atoms with Gasteiger partial charge in [0.25, 0.3) is 10.1 Å². The van der Waals surface area contributed by atoms with Gasteiger partial charge in [0.15, 0.2) is 0 Å². The highest BCUT2D eigenvalue weighted by Gasteiger charge is 2.01. The molecule has 92 valence electrons. The molecule has 1 N–H and O–H groups in total. The monoisotopic (exact) mass is 256 g/mol. The first-order valence-corrected chi connectivity index (χ1v) is 6.54. The second-order valence-corrected chi connectivity index (χ2v) is 4.97. The van der Waals surface area contributed by atoms with Gasteiger partial charge in [-0.05, 0) is 17.7 Å². The summed E-state index contributed by atoms with van der Waals surface area (Å²) in [6.45, 7) is -0.0733. The van der Waals surface area contributed by atoms with Crippen LogP contribution in [0.25, 0.3) is 6.08 Å². The highest BCUT2D eigenvalue weighted by Crippen LogP contribution is 2.07. The molecule has 0 aliphatic rings. The van der Waals surface area contributed by atoms with Crippen LogP contribution in [0.2, 0.25) is 0 Å². The molecule has 0 unspecified atom stereocenters. The van der Waals surface area contributed by atoms with Gasteiger partial charge < -0.3 is 5.11 Å². The van der Waals surface area contributed by atoms with Crippen LogP contribution in [0.4, 0.5) is 0 Å². The van der Waals surface area contributed by atoms with Crippen LogP contribution in [-0.4, -0.2) is 32.4 Å². The molecule has 0 bridgehead atoms. The minimum atomic E-state index is -3.45. The Balaban J connectivity index is 2.66. The van der Waals surface area contributed by atoms with Gasteiger partial charge in [-0.15, -0.1) is 0 Å². The Labute approximate surface area is 99.5 Å². The van der Waals surface area contributed by atoms with Gasteiger partial charge in [0, 0.05) is 0 Å². The van der Waals surface area contributed by atoms with Crippen molar-refractivity contribution in [3.63, 3.8) is 0 Å². The van der Waals surface area contributed by atoms with Gasteiger partial charge in [-0.3, -0.25) is 4.18 Å². The molecule has 0 amide bonds. The van der Waals surface area contributed by atoms with Gasteiger partial charge in [-0.25, -0.2) is 4.79 Å². The van der Waals surface area contributed by atoms with Crippen molar-refractivity contribution in [3.8, 4) is 0 Å². The van der Waals surface area contributed by atoms with Crippen molar-refractivity contribution in [2.24, 2.45) is 0 Å². The summed E-state index contributed by atoms with van der Waals surface area (Å²) in [5.74, 6) is -1.01. The summed E-state index contributed by atoms with van der Waals surface area (Å²) in [4.78, 5) is 10.7. The quantitative estimate of drug-likeness (QED) is 0.805. The number of carboxylic acids is 1. The summed E-state index contributed by atoms with van der Waals surface area (Å²) in [5.41, 5.74) is 0.846. The molecule has 0 aliphatic heterocycles. The molecule has 6 heteroatoms. The lowest BCUT2D eigenvalue weighted by Crippen LogP contribution is -2.01. The Kier molecular flexibility index (Phi) is 4.42. The molecule has 0 radical (unpaired) electrons. The minimum Gasteiger partial charge on any atom is -0.478 e. The van der Waals surface area contributed by atoms with Crippen LogP contribution >= 0.6 is 0 Å². The molecule has 0 saturated heterocycles. The zero-order chi connectivity index (χ0) is 12.9. The van der Waals surface area contributed by atoms with Crippen LogP contribution in [0.3, 0.4) is 0 Å². The Hall–Kier alpha value is -1.66. The van der Waals surface area contributed by atoms with E-state index in [1.807, 2.05) is 0 Å². The summed E-state index contributed by atoms with van der Waals surface area (Å²) in [5, 5.41) is 8.76. The molecule has 1 aromatic rings. The third kappa shape index (κ3) is 5.28. The molecule has 17 heavy (non-hydrogen) atoms. The van der Waals surface area contributed by atoms with Gasteiger partial charge in [-0.2, -0.15) is 8.42 Å². The van der Waals surface area contributed by atoms with Crippen molar-refractivity contribution in [2.45, 2.75) is 0 Å². The molecule has 1 aromatic carbocycles. The van der Waals surface area contributed by atoms with E-state index in [4.69, 9.17) is 5.11 Å². The Morgan fingerprint density at radius 2 is 2.18 bits per heavy atom. The summed E-state index contributed by atoms with van der Waals surface area (Å²) < 4.78 is 25.8. The lowest BCUT2D eigenvalue weighted by molar-refractivity contribution is 0.0697. The topological polar surface area (TPSA) is 80.7 Å². The molecule has 5 nitrogen and oxygen atoms in total. The Bertz CT molecular complexity index is 531. The number of benzene rings is 1. The Morgan fingerprint density at radius 3 is 2.76 bits per heavy atom. The molecule has 0 atom stereocenters. The van der Waals surface area contributed by atoms with E-state index >= 15 is 0 Å². The maximum absolute atomic E-state index is 10.7. The summed E-state index contributed by atoms with van der Waals surface area (Å²) in [7, 11) is -3.45. The molecule has 1 rings (SSSR count). The van der Waals surface area contributed by atoms with Gasteiger partial charge in [0.1, 0.15) is 0 Å². The average molecular weight is 256 g/mol. The van der Waals surface area contributed by atoms with E-state index in [1.54, 1.807) is 18.2 Å². The van der Waals surface area contributed by atoms with Gasteiger partial charge >= 0.3 is 5.97 Å². The fraction of sp³-hybridized carbons (Fsp3) is 0.182. The van der Waals surface area contributed by atoms with E-state index in [0.717, 1.165) is 6.26 Å². The van der Waals surface area contributed by atoms with E-state index < -0.39 is 16.1 Å². The maximum Gasteiger partial charge on any atom is 0.335 e. The smallest absolute Gasteiger partial charge is 0.335 e. The molecule has 0 aromatic heterocycles. The molecular formula is C11H12O5S. The van der Waals surface area contributed by atoms with Crippen LogP contribution in [0.15, 0.2) is 30.3 Å². The van der Waals surface area contributed by atoms with Crippen LogP contribution in [0, 0.1) is 0 Å². The van der Waals surface area contributed by atoms with Crippen molar-refractivity contribution < 1.29 is 22.5 Å². The fourth-order valence-corrected chi connectivity index (χ4v) is 1.45. The van der Waals surface area contributed by atoms with Crippen LogP contribution in [-0.2, 0) is 14.3 Å². The number of carboxylic acid groups (broad SMARTS) is 1. The standard InChI is InChI=1S/C11H12O5S/c1-17(14,15)16-7-3-5-9-4-2-6-10(8-9)11(12)13/h2-6,8H,7H2,1H3,(H,12,13). The molecule has 0 aliphatic carbocycles. The molecular weight excluding hydrogens is 244 g/mol. The fourth-order valence-electron chi connectivity index (χ4n) is 1.12. The zero-order valence-electron chi connectivity index (χ0n) is 9.16. The lowest BCUT2D eigenvalue weighted by Gasteiger charge is -1.97. The second-order valence-electron chi connectivity index (χ2n) is 3.32. The average Bonchev–Trinajstić information content (AvgIpc) is 2.23. The van der Waals surface area contributed by atoms with Crippen LogP contribution < -0.4 is 0 Å². The summed E-state index contributed by atoms with van der Waals surface area (Å²) in [6.07, 6.45) is 4.06. The normalized spacial score (nSPS) is 11.8. The van der Waals surface area contributed by atoms with E-state index in [0.29, 0.717) is 5.56 Å². The minimum absolute atomic E-state index is 0.0733. The molecule has 0 heterocycles. The number of aromatic carboxylic acids is 1. The number of hydrogen-bond donors (Lipinski definition) is 1. The highest BCUT2D eigenvalue weighted by atomic mass is 32.2. The Morgan fingerprint density at radius 1 is 1.47 bits per heavy atom.